The van der Waals surface area contributed by atoms with Crippen LogP contribution in [0, 0.1) is 0 Å². The highest BCUT2D eigenvalue weighted by molar-refractivity contribution is 9.10. The lowest BCUT2D eigenvalue weighted by Gasteiger charge is -2.12. The summed E-state index contributed by atoms with van der Waals surface area (Å²) in [4.78, 5) is 4.23. The van der Waals surface area contributed by atoms with Crippen LogP contribution < -0.4 is 5.32 Å². The average molecular weight is 307 g/mol. The van der Waals surface area contributed by atoms with E-state index in [9.17, 15) is 0 Å². The Balaban J connectivity index is 1.69. The summed E-state index contributed by atoms with van der Waals surface area (Å²) in [6.07, 6.45) is 4.03. The number of rotatable bonds is 3. The second-order valence-electron chi connectivity index (χ2n) is 4.65. The molecule has 1 unspecified atom stereocenters. The van der Waals surface area contributed by atoms with Gasteiger partial charge in [0.05, 0.1) is 6.54 Å². The summed E-state index contributed by atoms with van der Waals surface area (Å²) in [6.45, 7) is 0.723. The highest BCUT2D eigenvalue weighted by Gasteiger charge is 2.22. The van der Waals surface area contributed by atoms with Crippen molar-refractivity contribution in [2.24, 2.45) is 7.05 Å². The van der Waals surface area contributed by atoms with Crippen molar-refractivity contribution in [3.05, 3.63) is 46.0 Å². The number of fused-ring (bicyclic) bond motifs is 1. The lowest BCUT2D eigenvalue weighted by molar-refractivity contribution is 0.517. The van der Waals surface area contributed by atoms with Crippen LogP contribution in [-0.2, 0) is 20.0 Å². The van der Waals surface area contributed by atoms with Gasteiger partial charge in [0.15, 0.2) is 5.82 Å². The molecule has 1 aliphatic carbocycles. The van der Waals surface area contributed by atoms with Crippen molar-refractivity contribution < 1.29 is 0 Å². The lowest BCUT2D eigenvalue weighted by Crippen LogP contribution is -2.19. The maximum Gasteiger partial charge on any atom is 0.164 e. The van der Waals surface area contributed by atoms with Crippen LogP contribution >= 0.6 is 15.9 Å². The van der Waals surface area contributed by atoms with Crippen LogP contribution in [0.3, 0.4) is 0 Å². The van der Waals surface area contributed by atoms with E-state index in [0.29, 0.717) is 6.04 Å². The van der Waals surface area contributed by atoms with Gasteiger partial charge in [0.25, 0.3) is 0 Å². The van der Waals surface area contributed by atoms with Gasteiger partial charge in [-0.15, -0.1) is 0 Å². The average Bonchev–Trinajstić information content (AvgIpc) is 2.92. The molecule has 2 aromatic rings. The zero-order chi connectivity index (χ0) is 12.5. The van der Waals surface area contributed by atoms with E-state index >= 15 is 0 Å². The SMILES string of the molecule is Cn1cnc(CNC2CCc3cc(Br)ccc32)n1. The van der Waals surface area contributed by atoms with Crippen molar-refractivity contribution >= 4 is 15.9 Å². The second-order valence-corrected chi connectivity index (χ2v) is 5.57. The molecule has 0 spiro atoms. The highest BCUT2D eigenvalue weighted by Crippen LogP contribution is 2.32. The molecule has 0 aliphatic heterocycles. The van der Waals surface area contributed by atoms with Gasteiger partial charge in [0.2, 0.25) is 0 Å². The molecule has 4 nitrogen and oxygen atoms in total. The Bertz CT molecular complexity index is 564. The molecule has 1 heterocycles. The molecule has 3 rings (SSSR count). The van der Waals surface area contributed by atoms with E-state index in [1.54, 1.807) is 11.0 Å². The predicted octanol–water partition coefficient (Wildman–Crippen LogP) is 2.35. The van der Waals surface area contributed by atoms with Gasteiger partial charge in [-0.1, -0.05) is 22.0 Å². The van der Waals surface area contributed by atoms with E-state index in [1.807, 2.05) is 7.05 Å². The molecule has 0 radical (unpaired) electrons. The van der Waals surface area contributed by atoms with Crippen molar-refractivity contribution in [2.75, 3.05) is 0 Å². The molecule has 1 aromatic heterocycles. The molecule has 0 fully saturated rings. The summed E-state index contributed by atoms with van der Waals surface area (Å²) >= 11 is 3.52. The van der Waals surface area contributed by atoms with E-state index in [1.165, 1.54) is 11.1 Å². The third kappa shape index (κ3) is 2.33. The summed E-state index contributed by atoms with van der Waals surface area (Å²) in [7, 11) is 1.89. The number of nitrogens with one attached hydrogen (secondary N) is 1. The molecule has 0 saturated carbocycles. The standard InChI is InChI=1S/C13H15BrN4/c1-18-8-16-13(17-18)7-15-12-5-2-9-6-10(14)3-4-11(9)12/h3-4,6,8,12,15H,2,5,7H2,1H3. The first-order valence-corrected chi connectivity index (χ1v) is 6.88. The van der Waals surface area contributed by atoms with E-state index in [0.717, 1.165) is 29.7 Å². The van der Waals surface area contributed by atoms with Crippen LogP contribution in [0.25, 0.3) is 0 Å². The fourth-order valence-corrected chi connectivity index (χ4v) is 2.89. The monoisotopic (exact) mass is 306 g/mol. The zero-order valence-corrected chi connectivity index (χ0v) is 11.8. The first-order valence-electron chi connectivity index (χ1n) is 6.08. The van der Waals surface area contributed by atoms with Crippen LogP contribution in [0.1, 0.15) is 29.4 Å². The maximum absolute atomic E-state index is 4.28. The molecule has 0 saturated heterocycles. The van der Waals surface area contributed by atoms with Crippen molar-refractivity contribution in [1.82, 2.24) is 20.1 Å². The second kappa shape index (κ2) is 4.82. The fourth-order valence-electron chi connectivity index (χ4n) is 2.48. The summed E-state index contributed by atoms with van der Waals surface area (Å²) < 4.78 is 2.89. The minimum Gasteiger partial charge on any atom is -0.303 e. The van der Waals surface area contributed by atoms with E-state index < -0.39 is 0 Å². The summed E-state index contributed by atoms with van der Waals surface area (Å²) in [5.74, 6) is 0.850. The number of aromatic nitrogens is 3. The number of benzene rings is 1. The van der Waals surface area contributed by atoms with Crippen molar-refractivity contribution in [3.63, 3.8) is 0 Å². The number of halogens is 1. The smallest absolute Gasteiger partial charge is 0.164 e. The molecule has 1 aromatic carbocycles. The van der Waals surface area contributed by atoms with Gasteiger partial charge in [-0.05, 0) is 36.1 Å². The Morgan fingerprint density at radius 1 is 1.50 bits per heavy atom. The van der Waals surface area contributed by atoms with Crippen LogP contribution in [0.5, 0.6) is 0 Å². The van der Waals surface area contributed by atoms with Crippen LogP contribution in [0.4, 0.5) is 0 Å². The predicted molar refractivity (Wildman–Crippen MR) is 73.0 cm³/mol. The number of nitrogens with zero attached hydrogens (tertiary/aromatic N) is 3. The van der Waals surface area contributed by atoms with E-state index in [2.05, 4.69) is 49.5 Å². The Kier molecular flexibility index (Phi) is 3.18. The Labute approximate surface area is 115 Å². The normalized spacial score (nSPS) is 18.0. The summed E-state index contributed by atoms with van der Waals surface area (Å²) in [6, 6.07) is 6.96. The van der Waals surface area contributed by atoms with Gasteiger partial charge in [-0.2, -0.15) is 5.10 Å². The van der Waals surface area contributed by atoms with Crippen LogP contribution in [0.15, 0.2) is 29.0 Å². The molecule has 0 amide bonds. The van der Waals surface area contributed by atoms with Crippen molar-refractivity contribution in [2.45, 2.75) is 25.4 Å². The fraction of sp³-hybridized carbons (Fsp3) is 0.385. The Hall–Kier alpha value is -1.20. The van der Waals surface area contributed by atoms with Gasteiger partial charge in [-0.3, -0.25) is 4.68 Å². The molecular formula is C13H15BrN4. The van der Waals surface area contributed by atoms with E-state index in [-0.39, 0.29) is 0 Å². The summed E-state index contributed by atoms with van der Waals surface area (Å²) in [5, 5.41) is 7.81. The Morgan fingerprint density at radius 2 is 2.39 bits per heavy atom. The third-order valence-corrected chi connectivity index (χ3v) is 3.83. The first-order chi connectivity index (χ1) is 8.72. The molecule has 0 bridgehead atoms. The largest absolute Gasteiger partial charge is 0.303 e. The molecule has 5 heteroatoms. The molecular weight excluding hydrogens is 292 g/mol. The van der Waals surface area contributed by atoms with Gasteiger partial charge in [-0.25, -0.2) is 4.98 Å². The Morgan fingerprint density at radius 3 is 3.17 bits per heavy atom. The first kappa shape index (κ1) is 11.9. The number of hydrogen-bond acceptors (Lipinski definition) is 3. The molecule has 1 aliphatic rings. The minimum absolute atomic E-state index is 0.428. The molecule has 1 N–H and O–H groups in total. The highest BCUT2D eigenvalue weighted by atomic mass is 79.9. The maximum atomic E-state index is 4.28. The molecule has 1 atom stereocenters. The van der Waals surface area contributed by atoms with Gasteiger partial charge < -0.3 is 5.32 Å². The summed E-state index contributed by atoms with van der Waals surface area (Å²) in [5.41, 5.74) is 2.85. The zero-order valence-electron chi connectivity index (χ0n) is 10.2. The van der Waals surface area contributed by atoms with Crippen LogP contribution in [-0.4, -0.2) is 14.8 Å². The van der Waals surface area contributed by atoms with Gasteiger partial charge in [0, 0.05) is 17.6 Å². The minimum atomic E-state index is 0.428. The van der Waals surface area contributed by atoms with Crippen LogP contribution in [0.2, 0.25) is 0 Å². The van der Waals surface area contributed by atoms with Crippen molar-refractivity contribution in [3.8, 4) is 0 Å². The van der Waals surface area contributed by atoms with Crippen molar-refractivity contribution in [1.29, 1.82) is 0 Å². The number of hydrogen-bond donors (Lipinski definition) is 1. The van der Waals surface area contributed by atoms with E-state index in [4.69, 9.17) is 0 Å². The topological polar surface area (TPSA) is 42.7 Å². The third-order valence-electron chi connectivity index (χ3n) is 3.34. The molecule has 18 heavy (non-hydrogen) atoms. The van der Waals surface area contributed by atoms with Gasteiger partial charge >= 0.3 is 0 Å². The molecule has 94 valence electrons. The number of aryl methyl sites for hydroxylation is 2. The lowest BCUT2D eigenvalue weighted by atomic mass is 10.1. The van der Waals surface area contributed by atoms with Gasteiger partial charge in [0.1, 0.15) is 6.33 Å². The quantitative estimate of drug-likeness (QED) is 0.946.